The fourth-order valence-corrected chi connectivity index (χ4v) is 7.71. The van der Waals surface area contributed by atoms with Crippen molar-refractivity contribution in [1.82, 2.24) is 9.80 Å². The van der Waals surface area contributed by atoms with Crippen LogP contribution in [0.4, 0.5) is 10.1 Å². The van der Waals surface area contributed by atoms with Crippen LogP contribution in [0.2, 0.25) is 5.02 Å². The molecule has 0 N–H and O–H groups in total. The Balaban J connectivity index is 0.00000442. The van der Waals surface area contributed by atoms with Gasteiger partial charge in [-0.25, -0.2) is 17.1 Å². The maximum absolute atomic E-state index is 15.7. The van der Waals surface area contributed by atoms with Gasteiger partial charge in [-0.15, -0.1) is 12.4 Å². The predicted octanol–water partition coefficient (Wildman–Crippen LogP) is 5.75. The van der Waals surface area contributed by atoms with E-state index in [9.17, 15) is 13.2 Å². The minimum Gasteiger partial charge on any atom is -0.495 e. The molecular formula is C32H38Cl2FN3O5S. The average molecular weight is 667 g/mol. The monoisotopic (exact) mass is 665 g/mol. The molecule has 8 nitrogen and oxygen atoms in total. The zero-order valence-corrected chi connectivity index (χ0v) is 27.6. The third kappa shape index (κ3) is 6.28. The molecule has 0 bridgehead atoms. The molecule has 3 aromatic rings. The largest absolute Gasteiger partial charge is 0.495 e. The Kier molecular flexibility index (Phi) is 10.5. The van der Waals surface area contributed by atoms with Gasteiger partial charge in [0.15, 0.2) is 0 Å². The van der Waals surface area contributed by atoms with Gasteiger partial charge >= 0.3 is 0 Å². The highest BCUT2D eigenvalue weighted by Gasteiger charge is 2.57. The topological polar surface area (TPSA) is 79.4 Å². The van der Waals surface area contributed by atoms with E-state index in [1.807, 2.05) is 13.8 Å². The number of carbonyl (C=O) groups excluding carboxylic acids is 1. The first-order valence-corrected chi connectivity index (χ1v) is 16.2. The molecule has 2 aliphatic heterocycles. The number of fused-ring (bicyclic) bond motifs is 1. The molecule has 1 amide bonds. The lowest BCUT2D eigenvalue weighted by atomic mass is 9.72. The Hall–Kier alpha value is -2.89. The van der Waals surface area contributed by atoms with Gasteiger partial charge in [0.2, 0.25) is 0 Å². The Morgan fingerprint density at radius 1 is 1.00 bits per heavy atom. The molecular weight excluding hydrogens is 628 g/mol. The summed E-state index contributed by atoms with van der Waals surface area (Å²) in [5.74, 6) is -0.642. The number of ether oxygens (including phenoxy) is 2. The number of hydrogen-bond acceptors (Lipinski definition) is 7. The van der Waals surface area contributed by atoms with Crippen LogP contribution in [0.5, 0.6) is 11.5 Å². The quantitative estimate of drug-likeness (QED) is 0.273. The average Bonchev–Trinajstić information content (AvgIpc) is 3.21. The van der Waals surface area contributed by atoms with E-state index in [0.29, 0.717) is 24.3 Å². The third-order valence-corrected chi connectivity index (χ3v) is 10.2. The Morgan fingerprint density at radius 2 is 1.66 bits per heavy atom. The molecule has 238 valence electrons. The number of anilines is 1. The number of halogens is 3. The van der Waals surface area contributed by atoms with E-state index in [1.165, 1.54) is 31.4 Å². The van der Waals surface area contributed by atoms with Crippen molar-refractivity contribution in [2.75, 3.05) is 51.2 Å². The smallest absolute Gasteiger partial charge is 0.270 e. The van der Waals surface area contributed by atoms with Gasteiger partial charge in [-0.3, -0.25) is 4.79 Å². The Labute approximate surface area is 270 Å². The highest BCUT2D eigenvalue weighted by Crippen LogP contribution is 2.53. The van der Waals surface area contributed by atoms with Crippen LogP contribution in [0.15, 0.2) is 65.6 Å². The fraction of sp³-hybridized carbons (Fsp3) is 0.406. The van der Waals surface area contributed by atoms with E-state index in [2.05, 4.69) is 16.8 Å². The van der Waals surface area contributed by atoms with Crippen molar-refractivity contribution in [3.63, 3.8) is 0 Å². The molecule has 5 rings (SSSR count). The summed E-state index contributed by atoms with van der Waals surface area (Å²) in [6.07, 6.45) is 0.614. The van der Waals surface area contributed by atoms with Crippen LogP contribution in [0, 0.1) is 5.82 Å². The number of nitrogens with zero attached hydrogens (tertiary/aromatic N) is 3. The molecule has 2 aliphatic rings. The second-order valence-electron chi connectivity index (χ2n) is 11.4. The van der Waals surface area contributed by atoms with Crippen LogP contribution in [-0.4, -0.2) is 77.1 Å². The highest BCUT2D eigenvalue weighted by atomic mass is 35.5. The first kappa shape index (κ1) is 34.0. The van der Waals surface area contributed by atoms with Crippen LogP contribution in [0.1, 0.15) is 37.8 Å². The number of benzene rings is 3. The van der Waals surface area contributed by atoms with E-state index < -0.39 is 27.2 Å². The summed E-state index contributed by atoms with van der Waals surface area (Å²) in [4.78, 5) is 19.2. The van der Waals surface area contributed by atoms with Crippen LogP contribution in [-0.2, 0) is 20.2 Å². The number of sulfonamides is 1. The summed E-state index contributed by atoms with van der Waals surface area (Å²) in [7, 11) is -0.943. The Bertz CT molecular complexity index is 1600. The number of methoxy groups -OCH3 is 1. The summed E-state index contributed by atoms with van der Waals surface area (Å²) >= 11 is 6.59. The molecule has 0 spiro atoms. The lowest BCUT2D eigenvalue weighted by Crippen LogP contribution is -2.46. The van der Waals surface area contributed by atoms with Gasteiger partial charge in [-0.1, -0.05) is 29.8 Å². The zero-order chi connectivity index (χ0) is 30.9. The van der Waals surface area contributed by atoms with Crippen molar-refractivity contribution < 1.29 is 27.1 Å². The van der Waals surface area contributed by atoms with Gasteiger partial charge in [0.25, 0.3) is 15.9 Å². The summed E-state index contributed by atoms with van der Waals surface area (Å²) < 4.78 is 56.1. The van der Waals surface area contributed by atoms with E-state index in [4.69, 9.17) is 21.1 Å². The normalized spacial score (nSPS) is 19.2. The molecule has 12 heteroatoms. The standard InChI is InChI=1S/C32H37ClFN3O5S.ClH/c1-22(2)42-23-10-12-24(13-11-23)43(39,40)37-29-21-30(41-4)27(33)20-26(29)32(31(37)38,25-8-5-6-9-28(25)34)14-7-15-36-18-16-35(3)17-19-36;/h5-6,8-13,20-22H,7,14-19H2,1-4H3;1H. The van der Waals surface area contributed by atoms with Crippen LogP contribution in [0.25, 0.3) is 0 Å². The van der Waals surface area contributed by atoms with Crippen molar-refractivity contribution in [3.8, 4) is 11.5 Å². The first-order chi connectivity index (χ1) is 20.5. The third-order valence-electron chi connectivity index (χ3n) is 8.19. The van der Waals surface area contributed by atoms with Crippen molar-refractivity contribution in [3.05, 3.63) is 82.6 Å². The van der Waals surface area contributed by atoms with Crippen molar-refractivity contribution in [2.24, 2.45) is 0 Å². The maximum Gasteiger partial charge on any atom is 0.270 e. The second kappa shape index (κ2) is 13.6. The molecule has 2 heterocycles. The molecule has 1 fully saturated rings. The van der Waals surface area contributed by atoms with E-state index in [0.717, 1.165) is 30.5 Å². The number of hydrogen-bond donors (Lipinski definition) is 0. The molecule has 1 saturated heterocycles. The molecule has 44 heavy (non-hydrogen) atoms. The summed E-state index contributed by atoms with van der Waals surface area (Å²) in [6.45, 7) is 8.05. The van der Waals surface area contributed by atoms with Crippen molar-refractivity contribution in [1.29, 1.82) is 0 Å². The first-order valence-electron chi connectivity index (χ1n) is 14.4. The van der Waals surface area contributed by atoms with Gasteiger partial charge in [-0.2, -0.15) is 0 Å². The minimum absolute atomic E-state index is 0. The summed E-state index contributed by atoms with van der Waals surface area (Å²) in [5, 5.41) is 0.197. The molecule has 0 radical (unpaired) electrons. The van der Waals surface area contributed by atoms with E-state index in [-0.39, 0.29) is 51.9 Å². The number of likely N-dealkylation sites (N-methyl/N-ethyl adjacent to an activating group) is 1. The summed E-state index contributed by atoms with van der Waals surface area (Å²) in [6, 6.07) is 15.0. The number of amides is 1. The number of rotatable bonds is 10. The molecule has 0 saturated carbocycles. The van der Waals surface area contributed by atoms with Gasteiger partial charge < -0.3 is 19.3 Å². The molecule has 3 aromatic carbocycles. The number of carbonyl (C=O) groups is 1. The number of piperazine rings is 1. The highest BCUT2D eigenvalue weighted by molar-refractivity contribution is 7.93. The van der Waals surface area contributed by atoms with Crippen LogP contribution < -0.4 is 13.8 Å². The van der Waals surface area contributed by atoms with Crippen LogP contribution >= 0.6 is 24.0 Å². The lowest BCUT2D eigenvalue weighted by Gasteiger charge is -2.34. The van der Waals surface area contributed by atoms with Gasteiger partial charge in [0.1, 0.15) is 22.7 Å². The van der Waals surface area contributed by atoms with Crippen molar-refractivity contribution in [2.45, 2.75) is 43.1 Å². The van der Waals surface area contributed by atoms with E-state index in [1.54, 1.807) is 36.4 Å². The van der Waals surface area contributed by atoms with Gasteiger partial charge in [0, 0.05) is 37.8 Å². The fourth-order valence-electron chi connectivity index (χ4n) is 6.00. The Morgan fingerprint density at radius 3 is 2.27 bits per heavy atom. The van der Waals surface area contributed by atoms with Gasteiger partial charge in [-0.05, 0) is 82.2 Å². The summed E-state index contributed by atoms with van der Waals surface area (Å²) in [5.41, 5.74) is -1.09. The molecule has 0 aromatic heterocycles. The second-order valence-corrected chi connectivity index (χ2v) is 13.5. The zero-order valence-electron chi connectivity index (χ0n) is 25.3. The maximum atomic E-state index is 15.7. The van der Waals surface area contributed by atoms with Crippen molar-refractivity contribution >= 4 is 45.6 Å². The SMILES string of the molecule is COc1cc2c(cc1Cl)C(CCCN1CCN(C)CC1)(c1ccccc1F)C(=O)N2S(=O)(=O)c1ccc(OC(C)C)cc1.Cl. The lowest BCUT2D eigenvalue weighted by molar-refractivity contribution is -0.121. The molecule has 1 atom stereocenters. The molecule has 1 unspecified atom stereocenters. The molecule has 0 aliphatic carbocycles. The minimum atomic E-state index is -4.44. The van der Waals surface area contributed by atoms with Crippen LogP contribution in [0.3, 0.4) is 0 Å². The van der Waals surface area contributed by atoms with E-state index >= 15 is 4.39 Å². The predicted molar refractivity (Wildman–Crippen MR) is 172 cm³/mol. The van der Waals surface area contributed by atoms with Gasteiger partial charge in [0.05, 0.1) is 28.8 Å².